The summed E-state index contributed by atoms with van der Waals surface area (Å²) >= 11 is 1.47. The maximum absolute atomic E-state index is 12.4. The largest absolute Gasteiger partial charge is 0.339 e. The molecule has 6 heteroatoms. The number of carbonyl (C=O) groups is 1. The number of piperidine rings is 1. The third kappa shape index (κ3) is 2.94. The van der Waals surface area contributed by atoms with Crippen LogP contribution in [0.25, 0.3) is 0 Å². The Morgan fingerprint density at radius 3 is 3.05 bits per heavy atom. The van der Waals surface area contributed by atoms with Crippen LogP contribution < -0.4 is 0 Å². The summed E-state index contributed by atoms with van der Waals surface area (Å²) in [7, 11) is 0. The Balaban J connectivity index is 1.58. The molecule has 1 aliphatic heterocycles. The van der Waals surface area contributed by atoms with Crippen molar-refractivity contribution < 1.29 is 4.79 Å². The SMILES string of the molecule is O=C(CSc1cn[nH]n1)N1CCC[C@H]2CCCC[C@@H]21. The van der Waals surface area contributed by atoms with Crippen LogP contribution in [0.4, 0.5) is 0 Å². The normalized spacial score (nSPS) is 27.1. The van der Waals surface area contributed by atoms with E-state index in [4.69, 9.17) is 0 Å². The van der Waals surface area contributed by atoms with Gasteiger partial charge in [-0.15, -0.1) is 5.10 Å². The van der Waals surface area contributed by atoms with Gasteiger partial charge in [-0.25, -0.2) is 0 Å². The number of rotatable bonds is 3. The highest BCUT2D eigenvalue weighted by Gasteiger charge is 2.35. The highest BCUT2D eigenvalue weighted by atomic mass is 32.2. The molecule has 2 aliphatic rings. The van der Waals surface area contributed by atoms with Gasteiger partial charge in [0.1, 0.15) is 5.03 Å². The Hall–Kier alpha value is -1.04. The molecule has 1 N–H and O–H groups in total. The van der Waals surface area contributed by atoms with Crippen LogP contribution in [0.2, 0.25) is 0 Å². The van der Waals surface area contributed by atoms with Gasteiger partial charge in [0, 0.05) is 12.6 Å². The molecule has 2 heterocycles. The predicted molar refractivity (Wildman–Crippen MR) is 73.8 cm³/mol. The first-order valence-corrected chi connectivity index (χ1v) is 8.11. The van der Waals surface area contributed by atoms with E-state index < -0.39 is 0 Å². The van der Waals surface area contributed by atoms with E-state index in [-0.39, 0.29) is 5.91 Å². The molecule has 1 saturated heterocycles. The van der Waals surface area contributed by atoms with Crippen molar-refractivity contribution in [2.45, 2.75) is 49.6 Å². The zero-order chi connectivity index (χ0) is 13.1. The van der Waals surface area contributed by atoms with Crippen molar-refractivity contribution in [3.63, 3.8) is 0 Å². The molecule has 19 heavy (non-hydrogen) atoms. The van der Waals surface area contributed by atoms with Gasteiger partial charge < -0.3 is 4.90 Å². The zero-order valence-corrected chi connectivity index (χ0v) is 11.9. The minimum atomic E-state index is 0.268. The summed E-state index contributed by atoms with van der Waals surface area (Å²) < 4.78 is 0. The van der Waals surface area contributed by atoms with E-state index in [2.05, 4.69) is 20.3 Å². The molecule has 5 nitrogen and oxygen atoms in total. The van der Waals surface area contributed by atoms with Crippen molar-refractivity contribution in [2.24, 2.45) is 5.92 Å². The second kappa shape index (κ2) is 5.94. The molecule has 2 atom stereocenters. The molecule has 0 unspecified atom stereocenters. The summed E-state index contributed by atoms with van der Waals surface area (Å²) in [6.45, 7) is 0.944. The molecule has 2 fully saturated rings. The maximum atomic E-state index is 12.4. The Labute approximate surface area is 117 Å². The fraction of sp³-hybridized carbons (Fsp3) is 0.769. The average molecular weight is 280 g/mol. The fourth-order valence-electron chi connectivity index (χ4n) is 3.41. The number of amides is 1. The number of hydrogen-bond donors (Lipinski definition) is 1. The number of hydrogen-bond acceptors (Lipinski definition) is 4. The third-order valence-corrected chi connectivity index (χ3v) is 5.18. The summed E-state index contributed by atoms with van der Waals surface area (Å²) in [5, 5.41) is 11.1. The minimum Gasteiger partial charge on any atom is -0.339 e. The molecule has 1 saturated carbocycles. The second-order valence-corrected chi connectivity index (χ2v) is 6.43. The number of aromatic nitrogens is 3. The first-order chi connectivity index (χ1) is 9.34. The van der Waals surface area contributed by atoms with Gasteiger partial charge in [0.15, 0.2) is 0 Å². The molecule has 1 aliphatic carbocycles. The number of thioether (sulfide) groups is 1. The molecular weight excluding hydrogens is 260 g/mol. The number of nitrogens with one attached hydrogen (secondary N) is 1. The van der Waals surface area contributed by atoms with Crippen LogP contribution in [0.1, 0.15) is 38.5 Å². The van der Waals surface area contributed by atoms with E-state index in [9.17, 15) is 4.79 Å². The monoisotopic (exact) mass is 280 g/mol. The van der Waals surface area contributed by atoms with E-state index in [1.54, 1.807) is 6.20 Å². The summed E-state index contributed by atoms with van der Waals surface area (Å²) in [6, 6.07) is 0.507. The van der Waals surface area contributed by atoms with Crippen LogP contribution in [0.5, 0.6) is 0 Å². The van der Waals surface area contributed by atoms with Gasteiger partial charge >= 0.3 is 0 Å². The van der Waals surface area contributed by atoms with Gasteiger partial charge in [0.2, 0.25) is 5.91 Å². The van der Waals surface area contributed by atoms with E-state index >= 15 is 0 Å². The van der Waals surface area contributed by atoms with E-state index in [0.29, 0.717) is 11.8 Å². The standard InChI is InChI=1S/C13H20N4OS/c18-13(9-19-12-8-14-16-15-12)17-7-3-5-10-4-1-2-6-11(10)17/h8,10-11H,1-7,9H2,(H,14,15,16)/t10-,11+/m1/s1. The molecular formula is C13H20N4OS. The van der Waals surface area contributed by atoms with Crippen molar-refractivity contribution in [1.29, 1.82) is 0 Å². The average Bonchev–Trinajstić information content (AvgIpc) is 2.97. The lowest BCUT2D eigenvalue weighted by molar-refractivity contribution is -0.134. The number of H-pyrrole nitrogens is 1. The van der Waals surface area contributed by atoms with Crippen LogP contribution in [0.15, 0.2) is 11.2 Å². The second-order valence-electron chi connectivity index (χ2n) is 5.44. The summed E-state index contributed by atoms with van der Waals surface area (Å²) in [4.78, 5) is 14.5. The van der Waals surface area contributed by atoms with E-state index in [1.807, 2.05) is 0 Å². The molecule has 0 radical (unpaired) electrons. The fourth-order valence-corrected chi connectivity index (χ4v) is 4.08. The van der Waals surface area contributed by atoms with Crippen molar-refractivity contribution in [3.05, 3.63) is 6.20 Å². The summed E-state index contributed by atoms with van der Waals surface area (Å²) in [5.74, 6) is 1.50. The molecule has 104 valence electrons. The van der Waals surface area contributed by atoms with Gasteiger partial charge in [-0.05, 0) is 31.6 Å². The Bertz CT molecular complexity index is 420. The van der Waals surface area contributed by atoms with Crippen LogP contribution in [0, 0.1) is 5.92 Å². The highest BCUT2D eigenvalue weighted by Crippen LogP contribution is 2.35. The number of fused-ring (bicyclic) bond motifs is 1. The molecule has 0 bridgehead atoms. The van der Waals surface area contributed by atoms with Crippen LogP contribution in [-0.2, 0) is 4.79 Å². The van der Waals surface area contributed by atoms with Crippen molar-refractivity contribution >= 4 is 17.7 Å². The van der Waals surface area contributed by atoms with Crippen molar-refractivity contribution in [1.82, 2.24) is 20.3 Å². The lowest BCUT2D eigenvalue weighted by Crippen LogP contribution is -2.50. The number of likely N-dealkylation sites (tertiary alicyclic amines) is 1. The van der Waals surface area contributed by atoms with Crippen molar-refractivity contribution in [2.75, 3.05) is 12.3 Å². The highest BCUT2D eigenvalue weighted by molar-refractivity contribution is 7.99. The zero-order valence-electron chi connectivity index (χ0n) is 11.0. The lowest BCUT2D eigenvalue weighted by atomic mass is 9.78. The summed E-state index contributed by atoms with van der Waals surface area (Å²) in [5.41, 5.74) is 0. The van der Waals surface area contributed by atoms with Crippen LogP contribution in [0.3, 0.4) is 0 Å². The topological polar surface area (TPSA) is 61.9 Å². The van der Waals surface area contributed by atoms with Gasteiger partial charge in [0.25, 0.3) is 0 Å². The molecule has 3 rings (SSSR count). The van der Waals surface area contributed by atoms with Crippen LogP contribution in [-0.4, -0.2) is 44.6 Å². The van der Waals surface area contributed by atoms with Gasteiger partial charge in [0.05, 0.1) is 11.9 Å². The predicted octanol–water partition coefficient (Wildman–Crippen LogP) is 2.08. The summed E-state index contributed by atoms with van der Waals surface area (Å²) in [6.07, 6.45) is 9.28. The van der Waals surface area contributed by atoms with Gasteiger partial charge in [-0.2, -0.15) is 10.3 Å². The molecule has 1 amide bonds. The Morgan fingerprint density at radius 1 is 1.37 bits per heavy atom. The first-order valence-electron chi connectivity index (χ1n) is 7.12. The molecule has 0 aromatic carbocycles. The Morgan fingerprint density at radius 2 is 2.21 bits per heavy atom. The van der Waals surface area contributed by atoms with E-state index in [0.717, 1.165) is 17.5 Å². The molecule has 1 aromatic heterocycles. The van der Waals surface area contributed by atoms with Gasteiger partial charge in [-0.1, -0.05) is 24.6 Å². The number of carbonyl (C=O) groups excluding carboxylic acids is 1. The minimum absolute atomic E-state index is 0.268. The van der Waals surface area contributed by atoms with E-state index in [1.165, 1.54) is 50.3 Å². The van der Waals surface area contributed by atoms with Crippen LogP contribution >= 0.6 is 11.8 Å². The first kappa shape index (κ1) is 13.0. The quantitative estimate of drug-likeness (QED) is 0.861. The maximum Gasteiger partial charge on any atom is 0.233 e. The van der Waals surface area contributed by atoms with Crippen molar-refractivity contribution in [3.8, 4) is 0 Å². The third-order valence-electron chi connectivity index (χ3n) is 4.30. The Kier molecular flexibility index (Phi) is 4.06. The smallest absolute Gasteiger partial charge is 0.233 e. The molecule has 0 spiro atoms. The molecule has 1 aromatic rings. The lowest BCUT2D eigenvalue weighted by Gasteiger charge is -2.44. The number of nitrogens with zero attached hydrogens (tertiary/aromatic N) is 3. The number of aromatic amines is 1. The van der Waals surface area contributed by atoms with Gasteiger partial charge in [-0.3, -0.25) is 4.79 Å².